The van der Waals surface area contributed by atoms with Crippen molar-refractivity contribution in [3.63, 3.8) is 0 Å². The maximum atomic E-state index is 12.3. The summed E-state index contributed by atoms with van der Waals surface area (Å²) in [7, 11) is 1.35. The van der Waals surface area contributed by atoms with Gasteiger partial charge in [0, 0.05) is 15.5 Å². The van der Waals surface area contributed by atoms with Gasteiger partial charge in [-0.1, -0.05) is 11.6 Å². The van der Waals surface area contributed by atoms with Gasteiger partial charge in [-0.15, -0.1) is 11.3 Å². The molecule has 0 fully saturated rings. The summed E-state index contributed by atoms with van der Waals surface area (Å²) in [5.74, 6) is -0.376. The molecule has 2 aromatic rings. The molecule has 0 aliphatic carbocycles. The molecule has 5 heteroatoms. The van der Waals surface area contributed by atoms with Crippen LogP contribution in [0.5, 0.6) is 0 Å². The number of hydrogen-bond acceptors (Lipinski definition) is 4. The molecule has 2 rings (SSSR count). The Balaban J connectivity index is 2.21. The third-order valence-electron chi connectivity index (χ3n) is 2.85. The Kier molecular flexibility index (Phi) is 4.57. The van der Waals surface area contributed by atoms with E-state index in [-0.39, 0.29) is 18.2 Å². The van der Waals surface area contributed by atoms with E-state index >= 15 is 0 Å². The lowest BCUT2D eigenvalue weighted by atomic mass is 10.1. The highest BCUT2D eigenvalue weighted by atomic mass is 35.5. The van der Waals surface area contributed by atoms with Gasteiger partial charge in [0.2, 0.25) is 5.78 Å². The second-order valence-corrected chi connectivity index (χ2v) is 5.89. The first kappa shape index (κ1) is 14.8. The van der Waals surface area contributed by atoms with Gasteiger partial charge in [0.05, 0.1) is 18.4 Å². The van der Waals surface area contributed by atoms with Crippen LogP contribution in [0.15, 0.2) is 30.3 Å². The van der Waals surface area contributed by atoms with Crippen LogP contribution in [-0.2, 0) is 16.0 Å². The lowest BCUT2D eigenvalue weighted by molar-refractivity contribution is -0.139. The molecule has 0 saturated carbocycles. The zero-order valence-electron chi connectivity index (χ0n) is 11.1. The van der Waals surface area contributed by atoms with E-state index in [0.717, 1.165) is 10.4 Å². The number of aryl methyl sites for hydroxylation is 1. The van der Waals surface area contributed by atoms with Gasteiger partial charge < -0.3 is 4.74 Å². The predicted octanol–water partition coefficient (Wildman–Crippen LogP) is 3.66. The highest BCUT2D eigenvalue weighted by molar-refractivity contribution is 7.14. The van der Waals surface area contributed by atoms with Crippen molar-refractivity contribution in [2.45, 2.75) is 13.3 Å². The average Bonchev–Trinajstić information content (AvgIpc) is 2.89. The second-order valence-electron chi connectivity index (χ2n) is 4.31. The molecule has 0 aliphatic heterocycles. The van der Waals surface area contributed by atoms with E-state index in [0.29, 0.717) is 15.5 Å². The number of hydrogen-bond donors (Lipinski definition) is 0. The summed E-state index contributed by atoms with van der Waals surface area (Å²) >= 11 is 7.25. The zero-order valence-corrected chi connectivity index (χ0v) is 12.7. The minimum absolute atomic E-state index is 0.0640. The molecular weight excluding hydrogens is 296 g/mol. The number of carbonyl (C=O) groups excluding carboxylic acids is 2. The topological polar surface area (TPSA) is 43.4 Å². The van der Waals surface area contributed by atoms with Gasteiger partial charge in [-0.3, -0.25) is 9.59 Å². The number of methoxy groups -OCH3 is 1. The van der Waals surface area contributed by atoms with Crippen LogP contribution in [0.4, 0.5) is 0 Å². The van der Waals surface area contributed by atoms with Gasteiger partial charge in [0.25, 0.3) is 0 Å². The summed E-state index contributed by atoms with van der Waals surface area (Å²) in [6, 6.07) is 8.70. The molecular formula is C15H13ClO3S. The van der Waals surface area contributed by atoms with Gasteiger partial charge in [0.15, 0.2) is 0 Å². The monoisotopic (exact) mass is 308 g/mol. The van der Waals surface area contributed by atoms with Crippen LogP contribution in [0.25, 0.3) is 0 Å². The lowest BCUT2D eigenvalue weighted by Crippen LogP contribution is -2.02. The SMILES string of the molecule is COC(=O)Cc1ccc(C(=O)c2ccc(Cl)c(C)c2)s1. The van der Waals surface area contributed by atoms with Crippen molar-refractivity contribution in [2.24, 2.45) is 0 Å². The van der Waals surface area contributed by atoms with Crippen molar-refractivity contribution in [3.8, 4) is 0 Å². The summed E-state index contributed by atoms with van der Waals surface area (Å²) in [5.41, 5.74) is 1.46. The van der Waals surface area contributed by atoms with Crippen LogP contribution < -0.4 is 0 Å². The van der Waals surface area contributed by atoms with E-state index in [9.17, 15) is 9.59 Å². The maximum Gasteiger partial charge on any atom is 0.310 e. The Morgan fingerprint density at radius 2 is 2.00 bits per heavy atom. The third-order valence-corrected chi connectivity index (χ3v) is 4.36. The first-order chi connectivity index (χ1) is 9.51. The number of halogens is 1. The summed E-state index contributed by atoms with van der Waals surface area (Å²) < 4.78 is 4.61. The second kappa shape index (κ2) is 6.20. The fraction of sp³-hybridized carbons (Fsp3) is 0.200. The predicted molar refractivity (Wildman–Crippen MR) is 79.7 cm³/mol. The summed E-state index contributed by atoms with van der Waals surface area (Å²) in [6.07, 6.45) is 0.189. The molecule has 20 heavy (non-hydrogen) atoms. The van der Waals surface area contributed by atoms with E-state index in [1.54, 1.807) is 30.3 Å². The molecule has 0 atom stereocenters. The normalized spacial score (nSPS) is 10.3. The molecule has 0 unspecified atom stereocenters. The molecule has 0 spiro atoms. The molecule has 1 aromatic heterocycles. The van der Waals surface area contributed by atoms with E-state index in [1.807, 2.05) is 6.92 Å². The Morgan fingerprint density at radius 1 is 1.25 bits per heavy atom. The van der Waals surface area contributed by atoms with E-state index in [4.69, 9.17) is 11.6 Å². The van der Waals surface area contributed by atoms with Gasteiger partial charge >= 0.3 is 5.97 Å². The first-order valence-electron chi connectivity index (χ1n) is 5.97. The summed E-state index contributed by atoms with van der Waals surface area (Å²) in [6.45, 7) is 1.86. The number of rotatable bonds is 4. The molecule has 1 aromatic carbocycles. The average molecular weight is 309 g/mol. The Morgan fingerprint density at radius 3 is 2.65 bits per heavy atom. The number of esters is 1. The van der Waals surface area contributed by atoms with Crippen molar-refractivity contribution in [2.75, 3.05) is 7.11 Å². The molecule has 0 aliphatic rings. The smallest absolute Gasteiger partial charge is 0.310 e. The highest BCUT2D eigenvalue weighted by Gasteiger charge is 2.14. The quantitative estimate of drug-likeness (QED) is 0.639. The fourth-order valence-electron chi connectivity index (χ4n) is 1.74. The minimum atomic E-state index is -0.312. The van der Waals surface area contributed by atoms with Crippen molar-refractivity contribution < 1.29 is 14.3 Å². The molecule has 0 amide bonds. The van der Waals surface area contributed by atoms with Crippen LogP contribution in [0.3, 0.4) is 0 Å². The van der Waals surface area contributed by atoms with Crippen LogP contribution in [0.1, 0.15) is 25.7 Å². The van der Waals surface area contributed by atoms with Crippen molar-refractivity contribution in [1.82, 2.24) is 0 Å². The fourth-order valence-corrected chi connectivity index (χ4v) is 2.81. The van der Waals surface area contributed by atoms with E-state index in [2.05, 4.69) is 4.74 Å². The summed E-state index contributed by atoms with van der Waals surface area (Å²) in [5, 5.41) is 0.638. The van der Waals surface area contributed by atoms with Gasteiger partial charge in [-0.2, -0.15) is 0 Å². The van der Waals surface area contributed by atoms with Gasteiger partial charge in [-0.25, -0.2) is 0 Å². The Labute approximate surface area is 126 Å². The number of benzene rings is 1. The van der Waals surface area contributed by atoms with Crippen LogP contribution in [0, 0.1) is 6.92 Å². The number of carbonyl (C=O) groups is 2. The standard InChI is InChI=1S/C15H13ClO3S/c1-9-7-10(3-5-12(9)16)15(18)13-6-4-11(20-13)8-14(17)19-2/h3-7H,8H2,1-2H3. The highest BCUT2D eigenvalue weighted by Crippen LogP contribution is 2.23. The molecule has 0 bridgehead atoms. The van der Waals surface area contributed by atoms with E-state index < -0.39 is 0 Å². The molecule has 0 N–H and O–H groups in total. The van der Waals surface area contributed by atoms with Crippen LogP contribution in [0.2, 0.25) is 5.02 Å². The molecule has 0 saturated heterocycles. The van der Waals surface area contributed by atoms with Crippen molar-refractivity contribution in [3.05, 3.63) is 56.2 Å². The molecule has 3 nitrogen and oxygen atoms in total. The summed E-state index contributed by atoms with van der Waals surface area (Å²) in [4.78, 5) is 24.9. The van der Waals surface area contributed by atoms with Crippen molar-refractivity contribution >= 4 is 34.7 Å². The lowest BCUT2D eigenvalue weighted by Gasteiger charge is -2.02. The number of ketones is 1. The molecule has 104 valence electrons. The third kappa shape index (κ3) is 3.26. The van der Waals surface area contributed by atoms with Gasteiger partial charge in [0.1, 0.15) is 0 Å². The van der Waals surface area contributed by atoms with Gasteiger partial charge in [-0.05, 0) is 42.8 Å². The molecule has 0 radical (unpaired) electrons. The Hall–Kier alpha value is -1.65. The largest absolute Gasteiger partial charge is 0.469 e. The number of thiophene rings is 1. The maximum absolute atomic E-state index is 12.3. The van der Waals surface area contributed by atoms with Crippen molar-refractivity contribution in [1.29, 1.82) is 0 Å². The molecule has 1 heterocycles. The van der Waals surface area contributed by atoms with Crippen LogP contribution >= 0.6 is 22.9 Å². The van der Waals surface area contributed by atoms with E-state index in [1.165, 1.54) is 18.4 Å². The number of ether oxygens (including phenoxy) is 1. The first-order valence-corrected chi connectivity index (χ1v) is 7.17. The zero-order chi connectivity index (χ0) is 14.7. The minimum Gasteiger partial charge on any atom is -0.469 e. The Bertz CT molecular complexity index is 661. The van der Waals surface area contributed by atoms with Crippen LogP contribution in [-0.4, -0.2) is 18.9 Å².